The van der Waals surface area contributed by atoms with Crippen LogP contribution in [0.3, 0.4) is 0 Å². The van der Waals surface area contributed by atoms with Crippen LogP contribution in [-0.2, 0) is 12.2 Å². The van der Waals surface area contributed by atoms with Gasteiger partial charge in [-0.25, -0.2) is 0 Å². The molecule has 0 aliphatic heterocycles. The van der Waals surface area contributed by atoms with Gasteiger partial charge in [-0.15, -0.1) is 11.8 Å². The smallest absolute Gasteiger partial charge is 0.0614 e. The zero-order valence-corrected chi connectivity index (χ0v) is 16.5. The fourth-order valence-corrected chi connectivity index (χ4v) is 3.44. The largest absolute Gasteiger partial charge is 0.376 e. The molecule has 1 N–H and O–H groups in total. The van der Waals surface area contributed by atoms with Crippen LogP contribution in [0.2, 0.25) is 0 Å². The summed E-state index contributed by atoms with van der Waals surface area (Å²) < 4.78 is 0. The molecule has 0 unspecified atom stereocenters. The molecule has 0 radical (unpaired) electrons. The summed E-state index contributed by atoms with van der Waals surface area (Å²) in [6.07, 6.45) is 4.31. The van der Waals surface area contributed by atoms with Crippen LogP contribution in [-0.4, -0.2) is 10.9 Å². The molecular formula is C21H30N2S. The predicted molar refractivity (Wildman–Crippen MR) is 108 cm³/mol. The van der Waals surface area contributed by atoms with Crippen LogP contribution in [0, 0.1) is 19.3 Å². The second-order valence-electron chi connectivity index (χ2n) is 7.59. The van der Waals surface area contributed by atoms with E-state index in [1.165, 1.54) is 34.5 Å². The summed E-state index contributed by atoms with van der Waals surface area (Å²) in [6, 6.07) is 10.6. The first-order valence-electron chi connectivity index (χ1n) is 8.67. The zero-order valence-electron chi connectivity index (χ0n) is 15.6. The molecule has 0 atom stereocenters. The highest BCUT2D eigenvalue weighted by Crippen LogP contribution is 2.24. The molecule has 1 heterocycles. The average molecular weight is 343 g/mol. The number of nitrogens with one attached hydrogen (secondary N) is 1. The molecule has 0 spiro atoms. The Bertz CT molecular complexity index is 659. The third kappa shape index (κ3) is 5.86. The van der Waals surface area contributed by atoms with Gasteiger partial charge in [0.1, 0.15) is 0 Å². The van der Waals surface area contributed by atoms with Gasteiger partial charge < -0.3 is 5.32 Å². The number of hydrogen-bond acceptors (Lipinski definition) is 3. The Labute approximate surface area is 151 Å². The quantitative estimate of drug-likeness (QED) is 0.495. The molecule has 24 heavy (non-hydrogen) atoms. The number of thioether (sulfide) groups is 1. The van der Waals surface area contributed by atoms with E-state index in [4.69, 9.17) is 0 Å². The summed E-state index contributed by atoms with van der Waals surface area (Å²) in [7, 11) is 0. The van der Waals surface area contributed by atoms with Crippen molar-refractivity contribution in [3.05, 3.63) is 58.9 Å². The molecule has 2 rings (SSSR count). The van der Waals surface area contributed by atoms with E-state index in [0.717, 1.165) is 18.1 Å². The van der Waals surface area contributed by atoms with E-state index in [1.54, 1.807) is 0 Å². The molecule has 0 aliphatic rings. The van der Waals surface area contributed by atoms with Crippen molar-refractivity contribution >= 4 is 17.4 Å². The summed E-state index contributed by atoms with van der Waals surface area (Å²) in [5.41, 5.74) is 6.91. The number of anilines is 1. The van der Waals surface area contributed by atoms with E-state index in [2.05, 4.69) is 75.3 Å². The minimum Gasteiger partial charge on any atom is -0.376 e. The van der Waals surface area contributed by atoms with Crippen LogP contribution in [0.4, 0.5) is 5.69 Å². The maximum absolute atomic E-state index is 4.60. The normalized spacial score (nSPS) is 11.5. The maximum atomic E-state index is 4.60. The molecule has 0 amide bonds. The summed E-state index contributed by atoms with van der Waals surface area (Å²) >= 11 is 1.88. The highest BCUT2D eigenvalue weighted by atomic mass is 32.2. The Hall–Kier alpha value is -1.48. The second kappa shape index (κ2) is 8.57. The van der Waals surface area contributed by atoms with Crippen LogP contribution in [0.1, 0.15) is 49.6 Å². The maximum Gasteiger partial charge on any atom is 0.0614 e. The Balaban J connectivity index is 1.87. The Morgan fingerprint density at radius 3 is 2.54 bits per heavy atom. The lowest BCUT2D eigenvalue weighted by Gasteiger charge is -2.19. The Kier molecular flexibility index (Phi) is 6.73. The first-order valence-corrected chi connectivity index (χ1v) is 9.83. The highest BCUT2D eigenvalue weighted by Gasteiger charge is 2.12. The molecule has 130 valence electrons. The molecular weight excluding hydrogens is 312 g/mol. The minimum atomic E-state index is 0.377. The third-order valence-corrected chi connectivity index (χ3v) is 5.14. The van der Waals surface area contributed by atoms with Crippen molar-refractivity contribution in [2.75, 3.05) is 11.2 Å². The van der Waals surface area contributed by atoms with Gasteiger partial charge in [0.25, 0.3) is 0 Å². The topological polar surface area (TPSA) is 24.9 Å². The van der Waals surface area contributed by atoms with Gasteiger partial charge in [-0.3, -0.25) is 4.98 Å². The molecule has 0 aliphatic carbocycles. The van der Waals surface area contributed by atoms with Gasteiger partial charge in [0, 0.05) is 17.6 Å². The van der Waals surface area contributed by atoms with Crippen LogP contribution >= 0.6 is 11.8 Å². The van der Waals surface area contributed by atoms with Gasteiger partial charge in [0.05, 0.1) is 11.6 Å². The van der Waals surface area contributed by atoms with Gasteiger partial charge in [-0.1, -0.05) is 39.0 Å². The number of hydrogen-bond donors (Lipinski definition) is 1. The van der Waals surface area contributed by atoms with E-state index in [-0.39, 0.29) is 0 Å². The first kappa shape index (κ1) is 18.9. The molecule has 2 aromatic rings. The number of pyridine rings is 1. The van der Waals surface area contributed by atoms with Crippen molar-refractivity contribution in [3.63, 3.8) is 0 Å². The molecule has 2 nitrogen and oxygen atoms in total. The third-order valence-electron chi connectivity index (χ3n) is 4.31. The van der Waals surface area contributed by atoms with Crippen molar-refractivity contribution in [1.82, 2.24) is 4.98 Å². The number of aryl methyl sites for hydroxylation is 2. The van der Waals surface area contributed by atoms with Crippen molar-refractivity contribution in [2.45, 2.75) is 53.2 Å². The van der Waals surface area contributed by atoms with E-state index in [1.807, 2.05) is 18.0 Å². The van der Waals surface area contributed by atoms with E-state index < -0.39 is 0 Å². The van der Waals surface area contributed by atoms with E-state index >= 15 is 0 Å². The summed E-state index contributed by atoms with van der Waals surface area (Å²) in [4.78, 5) is 4.60. The van der Waals surface area contributed by atoms with E-state index in [9.17, 15) is 0 Å². The first-order chi connectivity index (χ1) is 11.4. The van der Waals surface area contributed by atoms with Gasteiger partial charge in [-0.2, -0.15) is 0 Å². The van der Waals surface area contributed by atoms with E-state index in [0.29, 0.717) is 5.41 Å². The summed E-state index contributed by atoms with van der Waals surface area (Å²) in [6.45, 7) is 11.3. The summed E-state index contributed by atoms with van der Waals surface area (Å²) in [5, 5.41) is 3.50. The van der Waals surface area contributed by atoms with Gasteiger partial charge in [-0.05, 0) is 60.9 Å². The average Bonchev–Trinajstić information content (AvgIpc) is 2.52. The number of aromatic nitrogens is 1. The molecule has 0 bridgehead atoms. The highest BCUT2D eigenvalue weighted by molar-refractivity contribution is 7.98. The Morgan fingerprint density at radius 2 is 1.83 bits per heavy atom. The van der Waals surface area contributed by atoms with Gasteiger partial charge in [0.2, 0.25) is 0 Å². The number of nitrogens with zero attached hydrogens (tertiary/aromatic N) is 1. The molecule has 0 saturated heterocycles. The SMILES string of the molecule is Cc1ccccc1NCSCc1nccc(CCC(C)(C)C)c1C. The van der Waals surface area contributed by atoms with Gasteiger partial charge in [0.15, 0.2) is 0 Å². The van der Waals surface area contributed by atoms with Crippen LogP contribution in [0.25, 0.3) is 0 Å². The van der Waals surface area contributed by atoms with Crippen molar-refractivity contribution in [1.29, 1.82) is 0 Å². The van der Waals surface area contributed by atoms with Crippen molar-refractivity contribution in [3.8, 4) is 0 Å². The van der Waals surface area contributed by atoms with Crippen LogP contribution < -0.4 is 5.32 Å². The Morgan fingerprint density at radius 1 is 1.08 bits per heavy atom. The summed E-state index contributed by atoms with van der Waals surface area (Å²) in [5.74, 6) is 1.85. The molecule has 0 saturated carbocycles. The van der Waals surface area contributed by atoms with Crippen molar-refractivity contribution in [2.24, 2.45) is 5.41 Å². The monoisotopic (exact) mass is 342 g/mol. The number of para-hydroxylation sites is 1. The standard InChI is InChI=1S/C21H30N2S/c1-16-8-6-7-9-19(16)23-15-24-14-20-17(2)18(11-13-22-20)10-12-21(3,4)5/h6-9,11,13,23H,10,12,14-15H2,1-5H3. The number of rotatable bonds is 7. The lowest BCUT2D eigenvalue weighted by molar-refractivity contribution is 0.378. The van der Waals surface area contributed by atoms with Crippen molar-refractivity contribution < 1.29 is 0 Å². The molecule has 0 fully saturated rings. The fraction of sp³-hybridized carbons (Fsp3) is 0.476. The zero-order chi connectivity index (χ0) is 17.6. The number of benzene rings is 1. The lowest BCUT2D eigenvalue weighted by Crippen LogP contribution is -2.08. The lowest BCUT2D eigenvalue weighted by atomic mass is 9.88. The molecule has 3 heteroatoms. The fourth-order valence-electron chi connectivity index (χ4n) is 2.60. The predicted octanol–water partition coefficient (Wildman–Crippen LogP) is 5.98. The minimum absolute atomic E-state index is 0.377. The van der Waals surface area contributed by atoms with Crippen LogP contribution in [0.15, 0.2) is 36.5 Å². The molecule has 1 aromatic carbocycles. The second-order valence-corrected chi connectivity index (χ2v) is 8.57. The van der Waals surface area contributed by atoms with Crippen LogP contribution in [0.5, 0.6) is 0 Å². The molecule has 1 aromatic heterocycles. The van der Waals surface area contributed by atoms with Gasteiger partial charge >= 0.3 is 0 Å².